The molecule has 0 spiro atoms. The molecule has 0 aromatic carbocycles. The van der Waals surface area contributed by atoms with Crippen molar-refractivity contribution in [3.63, 3.8) is 0 Å². The molecule has 0 fully saturated rings. The van der Waals surface area contributed by atoms with Crippen LogP contribution in [0.3, 0.4) is 0 Å². The lowest BCUT2D eigenvalue weighted by molar-refractivity contribution is 0.665. The summed E-state index contributed by atoms with van der Waals surface area (Å²) in [7, 11) is 0. The van der Waals surface area contributed by atoms with Crippen molar-refractivity contribution < 1.29 is 4.55 Å². The van der Waals surface area contributed by atoms with Gasteiger partial charge < -0.3 is 4.55 Å². The van der Waals surface area contributed by atoms with E-state index in [-0.39, 0.29) is 0 Å². The van der Waals surface area contributed by atoms with E-state index in [1.165, 1.54) is 11.3 Å². The zero-order valence-corrected chi connectivity index (χ0v) is 5.00. The lowest BCUT2D eigenvalue weighted by Gasteiger charge is -1.74. The minimum absolute atomic E-state index is 0.731. The zero-order chi connectivity index (χ0) is 5.11. The van der Waals surface area contributed by atoms with Crippen molar-refractivity contribution in [2.45, 2.75) is 4.21 Å². The number of aromatic nitrogens is 1. The minimum Gasteiger partial charge on any atom is -0.325 e. The van der Waals surface area contributed by atoms with E-state index in [0.717, 1.165) is 16.3 Å². The number of hydrogen-bond acceptors (Lipinski definition) is 4. The summed E-state index contributed by atoms with van der Waals surface area (Å²) in [6, 6.07) is 0. The maximum Gasteiger partial charge on any atom is 0.107 e. The highest BCUT2D eigenvalue weighted by Gasteiger charge is 1.87. The molecule has 1 N–H and O–H groups in total. The van der Waals surface area contributed by atoms with Gasteiger partial charge in [0.15, 0.2) is 0 Å². The van der Waals surface area contributed by atoms with Gasteiger partial charge in [-0.15, -0.1) is 11.3 Å². The molecule has 0 saturated heterocycles. The van der Waals surface area contributed by atoms with Crippen LogP contribution in [0.4, 0.5) is 0 Å². The molecule has 38 valence electrons. The Morgan fingerprint density at radius 3 is 3.00 bits per heavy atom. The molecule has 2 nitrogen and oxygen atoms in total. The van der Waals surface area contributed by atoms with Crippen molar-refractivity contribution in [3.8, 4) is 0 Å². The first-order chi connectivity index (χ1) is 3.43. The van der Waals surface area contributed by atoms with Crippen LogP contribution in [0.5, 0.6) is 0 Å². The number of thiazole rings is 1. The first-order valence-corrected chi connectivity index (χ1v) is 3.28. The monoisotopic (exact) mass is 133 g/mol. The molecule has 0 unspecified atom stereocenters. The van der Waals surface area contributed by atoms with Gasteiger partial charge in [-0.05, 0) is 0 Å². The maximum atomic E-state index is 8.31. The topological polar surface area (TPSA) is 33.1 Å². The zero-order valence-electron chi connectivity index (χ0n) is 3.37. The van der Waals surface area contributed by atoms with Crippen LogP contribution in [0.2, 0.25) is 0 Å². The van der Waals surface area contributed by atoms with Crippen LogP contribution in [0.1, 0.15) is 0 Å². The molecular formula is C3H3NOS2. The van der Waals surface area contributed by atoms with Crippen LogP contribution in [0.25, 0.3) is 0 Å². The standard InChI is InChI=1S/C3H3NOS2/c5-7-3-1-4-2-6-3/h1-2,5H. The smallest absolute Gasteiger partial charge is 0.107 e. The molecule has 0 aliphatic heterocycles. The summed E-state index contributed by atoms with van der Waals surface area (Å²) in [5.41, 5.74) is 1.68. The Hall–Kier alpha value is -0.0600. The molecule has 0 radical (unpaired) electrons. The fourth-order valence-electron chi connectivity index (χ4n) is 0.249. The van der Waals surface area contributed by atoms with Crippen LogP contribution in [-0.4, -0.2) is 9.54 Å². The molecule has 1 heterocycles. The molecular weight excluding hydrogens is 130 g/mol. The average Bonchev–Trinajstić information content (AvgIpc) is 2.14. The van der Waals surface area contributed by atoms with Crippen LogP contribution in [-0.2, 0) is 0 Å². The first-order valence-electron chi connectivity index (χ1n) is 1.63. The fraction of sp³-hybridized carbons (Fsp3) is 0. The normalized spacial score (nSPS) is 9.29. The lowest BCUT2D eigenvalue weighted by Crippen LogP contribution is -1.50. The average molecular weight is 133 g/mol. The fourth-order valence-corrected chi connectivity index (χ4v) is 1.01. The van der Waals surface area contributed by atoms with E-state index >= 15 is 0 Å². The Kier molecular flexibility index (Phi) is 1.67. The molecule has 0 aliphatic carbocycles. The molecule has 1 aromatic rings. The summed E-state index contributed by atoms with van der Waals surface area (Å²) in [4.78, 5) is 3.73. The van der Waals surface area contributed by atoms with Gasteiger partial charge in [-0.2, -0.15) is 0 Å². The minimum atomic E-state index is 0.731. The Balaban J connectivity index is 2.76. The molecule has 4 heteroatoms. The van der Waals surface area contributed by atoms with Gasteiger partial charge in [0.1, 0.15) is 4.21 Å². The van der Waals surface area contributed by atoms with Crippen LogP contribution in [0, 0.1) is 0 Å². The predicted molar refractivity (Wildman–Crippen MR) is 30.6 cm³/mol. The third-order valence-electron chi connectivity index (χ3n) is 0.500. The summed E-state index contributed by atoms with van der Waals surface area (Å²) in [5.74, 6) is 0. The second-order valence-electron chi connectivity index (χ2n) is 0.912. The summed E-state index contributed by atoms with van der Waals surface area (Å²) in [6.07, 6.45) is 1.62. The summed E-state index contributed by atoms with van der Waals surface area (Å²) in [5, 5.41) is 0. The van der Waals surface area contributed by atoms with E-state index in [2.05, 4.69) is 4.98 Å². The molecule has 0 saturated carbocycles. The van der Waals surface area contributed by atoms with Crippen LogP contribution < -0.4 is 0 Å². The van der Waals surface area contributed by atoms with E-state index in [9.17, 15) is 0 Å². The second-order valence-corrected chi connectivity index (χ2v) is 2.68. The third kappa shape index (κ3) is 1.15. The molecule has 0 bridgehead atoms. The second kappa shape index (κ2) is 2.30. The van der Waals surface area contributed by atoms with Crippen molar-refractivity contribution >= 4 is 23.4 Å². The van der Waals surface area contributed by atoms with E-state index in [0.29, 0.717) is 0 Å². The van der Waals surface area contributed by atoms with Gasteiger partial charge in [0.05, 0.1) is 11.7 Å². The Labute approximate surface area is 49.4 Å². The van der Waals surface area contributed by atoms with Crippen molar-refractivity contribution in [2.24, 2.45) is 0 Å². The van der Waals surface area contributed by atoms with E-state index in [1.54, 1.807) is 11.7 Å². The number of nitrogens with zero attached hydrogens (tertiary/aromatic N) is 1. The van der Waals surface area contributed by atoms with Crippen molar-refractivity contribution in [1.29, 1.82) is 0 Å². The van der Waals surface area contributed by atoms with Crippen LogP contribution >= 0.6 is 23.4 Å². The van der Waals surface area contributed by atoms with Gasteiger partial charge >= 0.3 is 0 Å². The Bertz CT molecular complexity index is 127. The van der Waals surface area contributed by atoms with E-state index in [4.69, 9.17) is 4.55 Å². The Morgan fingerprint density at radius 2 is 2.71 bits per heavy atom. The highest BCUT2D eigenvalue weighted by Crippen LogP contribution is 2.16. The first kappa shape index (κ1) is 5.08. The third-order valence-corrected chi connectivity index (χ3v) is 1.86. The van der Waals surface area contributed by atoms with Crippen molar-refractivity contribution in [3.05, 3.63) is 11.7 Å². The van der Waals surface area contributed by atoms with Gasteiger partial charge in [-0.3, -0.25) is 4.98 Å². The SMILES string of the molecule is OSc1cncs1. The number of hydrogen-bond donors (Lipinski definition) is 1. The molecule has 0 aliphatic rings. The predicted octanol–water partition coefficient (Wildman–Crippen LogP) is 1.71. The van der Waals surface area contributed by atoms with Gasteiger partial charge in [0.25, 0.3) is 0 Å². The molecule has 1 rings (SSSR count). The largest absolute Gasteiger partial charge is 0.325 e. The van der Waals surface area contributed by atoms with Gasteiger partial charge in [0.2, 0.25) is 0 Å². The Morgan fingerprint density at radius 1 is 1.86 bits per heavy atom. The molecule has 0 atom stereocenters. The van der Waals surface area contributed by atoms with Gasteiger partial charge in [-0.1, -0.05) is 0 Å². The summed E-state index contributed by atoms with van der Waals surface area (Å²) >= 11 is 2.16. The lowest BCUT2D eigenvalue weighted by atomic mass is 11.0. The molecule has 7 heavy (non-hydrogen) atoms. The molecule has 1 aromatic heterocycles. The quantitative estimate of drug-likeness (QED) is 0.592. The van der Waals surface area contributed by atoms with Crippen molar-refractivity contribution in [2.75, 3.05) is 0 Å². The highest BCUT2D eigenvalue weighted by atomic mass is 32.2. The number of rotatable bonds is 1. The van der Waals surface area contributed by atoms with E-state index < -0.39 is 0 Å². The van der Waals surface area contributed by atoms with Crippen molar-refractivity contribution in [1.82, 2.24) is 4.98 Å². The van der Waals surface area contributed by atoms with Gasteiger partial charge in [0, 0.05) is 12.0 Å². The summed E-state index contributed by atoms with van der Waals surface area (Å²) < 4.78 is 9.15. The summed E-state index contributed by atoms with van der Waals surface area (Å²) in [6.45, 7) is 0. The van der Waals surface area contributed by atoms with Gasteiger partial charge in [-0.25, -0.2) is 0 Å². The van der Waals surface area contributed by atoms with E-state index in [1.807, 2.05) is 0 Å². The van der Waals surface area contributed by atoms with Crippen LogP contribution in [0.15, 0.2) is 15.9 Å². The maximum absolute atomic E-state index is 8.31. The highest BCUT2D eigenvalue weighted by molar-refractivity contribution is 7.95. The molecule has 0 amide bonds.